The normalized spacial score (nSPS) is 10.7. The maximum absolute atomic E-state index is 2.33. The van der Waals surface area contributed by atoms with Gasteiger partial charge in [-0.05, 0) is 36.4 Å². The SMILES string of the molecule is C[Si](C)c1ccc(N(c2ccccc2)c2ccccc2)cc1. The van der Waals surface area contributed by atoms with Gasteiger partial charge in [-0.1, -0.05) is 66.8 Å². The highest BCUT2D eigenvalue weighted by atomic mass is 28.3. The fraction of sp³-hybridized carbons (Fsp3) is 0.100. The number of nitrogens with zero attached hydrogens (tertiary/aromatic N) is 1. The van der Waals surface area contributed by atoms with Gasteiger partial charge in [0.2, 0.25) is 0 Å². The minimum Gasteiger partial charge on any atom is -0.311 e. The van der Waals surface area contributed by atoms with E-state index >= 15 is 0 Å². The second kappa shape index (κ2) is 6.63. The summed E-state index contributed by atoms with van der Waals surface area (Å²) in [6.07, 6.45) is 0. The van der Waals surface area contributed by atoms with E-state index in [1.54, 1.807) is 0 Å². The maximum Gasteiger partial charge on any atom is 0.0791 e. The molecule has 109 valence electrons. The van der Waals surface area contributed by atoms with E-state index in [-0.39, 0.29) is 0 Å². The molecular formula is C20H20NSi. The van der Waals surface area contributed by atoms with Gasteiger partial charge in [0.05, 0.1) is 8.80 Å². The Kier molecular flexibility index (Phi) is 4.40. The standard InChI is InChI=1S/C20H20NSi/c1-22(2)20-15-13-19(14-16-20)21(17-9-5-3-6-10-17)18-11-7-4-8-12-18/h3-16H,1-2H3. The van der Waals surface area contributed by atoms with Gasteiger partial charge in [-0.15, -0.1) is 0 Å². The summed E-state index contributed by atoms with van der Waals surface area (Å²) < 4.78 is 0. The van der Waals surface area contributed by atoms with Gasteiger partial charge in [-0.25, -0.2) is 0 Å². The van der Waals surface area contributed by atoms with Crippen LogP contribution in [-0.4, -0.2) is 8.80 Å². The molecule has 0 fully saturated rings. The molecule has 0 aliphatic heterocycles. The first-order valence-electron chi connectivity index (χ1n) is 7.56. The molecule has 0 spiro atoms. The van der Waals surface area contributed by atoms with Crippen LogP contribution in [0, 0.1) is 0 Å². The minimum absolute atomic E-state index is 0.401. The summed E-state index contributed by atoms with van der Waals surface area (Å²) in [4.78, 5) is 2.29. The van der Waals surface area contributed by atoms with Crippen LogP contribution in [0.1, 0.15) is 0 Å². The zero-order valence-corrected chi connectivity index (χ0v) is 14.0. The molecule has 0 unspecified atom stereocenters. The van der Waals surface area contributed by atoms with Gasteiger partial charge < -0.3 is 4.90 Å². The van der Waals surface area contributed by atoms with Crippen LogP contribution < -0.4 is 10.1 Å². The summed E-state index contributed by atoms with van der Waals surface area (Å²) in [5, 5.41) is 1.47. The van der Waals surface area contributed by atoms with E-state index in [0.717, 1.165) is 0 Å². The van der Waals surface area contributed by atoms with Crippen LogP contribution in [0.3, 0.4) is 0 Å². The molecule has 0 aromatic heterocycles. The van der Waals surface area contributed by atoms with E-state index < -0.39 is 8.80 Å². The fourth-order valence-corrected chi connectivity index (χ4v) is 3.38. The third-order valence-electron chi connectivity index (χ3n) is 3.73. The van der Waals surface area contributed by atoms with Crippen molar-refractivity contribution in [2.45, 2.75) is 13.1 Å². The Balaban J connectivity index is 2.06. The molecule has 22 heavy (non-hydrogen) atoms. The molecule has 1 radical (unpaired) electrons. The number of anilines is 3. The van der Waals surface area contributed by atoms with Crippen molar-refractivity contribution in [3.63, 3.8) is 0 Å². The monoisotopic (exact) mass is 302 g/mol. The van der Waals surface area contributed by atoms with E-state index in [0.29, 0.717) is 0 Å². The van der Waals surface area contributed by atoms with Crippen molar-refractivity contribution in [3.8, 4) is 0 Å². The van der Waals surface area contributed by atoms with Crippen LogP contribution in [0.2, 0.25) is 13.1 Å². The van der Waals surface area contributed by atoms with Gasteiger partial charge in [-0.3, -0.25) is 0 Å². The summed E-state index contributed by atoms with van der Waals surface area (Å²) in [5.74, 6) is 0. The Labute approximate surface area is 134 Å². The van der Waals surface area contributed by atoms with Crippen LogP contribution in [0.25, 0.3) is 0 Å². The van der Waals surface area contributed by atoms with E-state index in [4.69, 9.17) is 0 Å². The lowest BCUT2D eigenvalue weighted by Gasteiger charge is -2.25. The quantitative estimate of drug-likeness (QED) is 0.605. The predicted molar refractivity (Wildman–Crippen MR) is 98.2 cm³/mol. The summed E-state index contributed by atoms with van der Waals surface area (Å²) in [5.41, 5.74) is 3.56. The smallest absolute Gasteiger partial charge is 0.0791 e. The molecule has 0 saturated carbocycles. The summed E-state index contributed by atoms with van der Waals surface area (Å²) in [6, 6.07) is 30.0. The molecule has 0 atom stereocenters. The molecule has 1 nitrogen and oxygen atoms in total. The summed E-state index contributed by atoms with van der Waals surface area (Å²) in [6.45, 7) is 4.65. The molecular weight excluding hydrogens is 282 g/mol. The molecule has 3 rings (SSSR count). The number of rotatable bonds is 4. The van der Waals surface area contributed by atoms with Crippen molar-refractivity contribution < 1.29 is 0 Å². The minimum atomic E-state index is -0.401. The second-order valence-electron chi connectivity index (χ2n) is 5.55. The predicted octanol–water partition coefficient (Wildman–Crippen LogP) is 5.12. The van der Waals surface area contributed by atoms with Crippen molar-refractivity contribution in [2.24, 2.45) is 0 Å². The van der Waals surface area contributed by atoms with E-state index in [9.17, 15) is 0 Å². The zero-order chi connectivity index (χ0) is 15.4. The molecule has 0 amide bonds. The second-order valence-corrected chi connectivity index (χ2v) is 8.13. The Bertz CT molecular complexity index is 666. The molecule has 3 aromatic carbocycles. The molecule has 0 aliphatic carbocycles. The number of hydrogen-bond acceptors (Lipinski definition) is 1. The third-order valence-corrected chi connectivity index (χ3v) is 5.22. The first-order chi connectivity index (χ1) is 10.8. The summed E-state index contributed by atoms with van der Waals surface area (Å²) in [7, 11) is -0.401. The van der Waals surface area contributed by atoms with Crippen molar-refractivity contribution in [1.29, 1.82) is 0 Å². The maximum atomic E-state index is 2.33. The lowest BCUT2D eigenvalue weighted by Crippen LogP contribution is -2.22. The molecule has 0 saturated heterocycles. The first-order valence-corrected chi connectivity index (χ1v) is 10.1. The Morgan fingerprint density at radius 2 is 0.955 bits per heavy atom. The van der Waals surface area contributed by atoms with Gasteiger partial charge in [0, 0.05) is 17.1 Å². The van der Waals surface area contributed by atoms with Gasteiger partial charge in [0.15, 0.2) is 0 Å². The van der Waals surface area contributed by atoms with Gasteiger partial charge in [0.1, 0.15) is 0 Å². The van der Waals surface area contributed by atoms with Crippen molar-refractivity contribution >= 4 is 31.0 Å². The zero-order valence-electron chi connectivity index (χ0n) is 13.0. The third kappa shape index (κ3) is 3.12. The van der Waals surface area contributed by atoms with Crippen molar-refractivity contribution in [3.05, 3.63) is 84.9 Å². The van der Waals surface area contributed by atoms with Gasteiger partial charge in [0.25, 0.3) is 0 Å². The summed E-state index contributed by atoms with van der Waals surface area (Å²) >= 11 is 0. The van der Waals surface area contributed by atoms with Crippen molar-refractivity contribution in [2.75, 3.05) is 4.90 Å². The average Bonchev–Trinajstić information content (AvgIpc) is 2.57. The molecule has 0 heterocycles. The van der Waals surface area contributed by atoms with E-state index in [2.05, 4.69) is 103 Å². The van der Waals surface area contributed by atoms with Crippen LogP contribution in [0.4, 0.5) is 17.1 Å². The highest BCUT2D eigenvalue weighted by Gasteiger charge is 2.11. The lowest BCUT2D eigenvalue weighted by atomic mass is 10.2. The van der Waals surface area contributed by atoms with Crippen LogP contribution >= 0.6 is 0 Å². The van der Waals surface area contributed by atoms with Crippen LogP contribution in [0.15, 0.2) is 84.9 Å². The molecule has 0 N–H and O–H groups in total. The van der Waals surface area contributed by atoms with Crippen LogP contribution in [0.5, 0.6) is 0 Å². The van der Waals surface area contributed by atoms with Gasteiger partial charge in [-0.2, -0.15) is 0 Å². The number of benzene rings is 3. The Morgan fingerprint density at radius 3 is 1.36 bits per heavy atom. The van der Waals surface area contributed by atoms with Crippen LogP contribution in [-0.2, 0) is 0 Å². The average molecular weight is 302 g/mol. The lowest BCUT2D eigenvalue weighted by molar-refractivity contribution is 1.28. The molecule has 0 aliphatic rings. The fourth-order valence-electron chi connectivity index (χ4n) is 2.55. The van der Waals surface area contributed by atoms with E-state index in [1.807, 2.05) is 0 Å². The first kappa shape index (κ1) is 14.6. The molecule has 0 bridgehead atoms. The highest BCUT2D eigenvalue weighted by molar-refractivity contribution is 6.70. The largest absolute Gasteiger partial charge is 0.311 e. The van der Waals surface area contributed by atoms with Crippen molar-refractivity contribution in [1.82, 2.24) is 0 Å². The highest BCUT2D eigenvalue weighted by Crippen LogP contribution is 2.33. The molecule has 2 heteroatoms. The topological polar surface area (TPSA) is 3.24 Å². The number of para-hydroxylation sites is 2. The Morgan fingerprint density at radius 1 is 0.545 bits per heavy atom. The molecule has 3 aromatic rings. The van der Waals surface area contributed by atoms with E-state index in [1.165, 1.54) is 22.2 Å². The number of hydrogen-bond donors (Lipinski definition) is 0. The van der Waals surface area contributed by atoms with Gasteiger partial charge >= 0.3 is 0 Å². The Hall–Kier alpha value is -2.32.